The lowest BCUT2D eigenvalue weighted by Gasteiger charge is -2.33. The molecule has 0 aromatic heterocycles. The van der Waals surface area contributed by atoms with Gasteiger partial charge >= 0.3 is 0 Å². The van der Waals surface area contributed by atoms with Gasteiger partial charge in [0.25, 0.3) is 0 Å². The maximum atomic E-state index is 5.71. The number of rotatable bonds is 4. The van der Waals surface area contributed by atoms with Crippen molar-refractivity contribution in [2.75, 3.05) is 39.5 Å². The fourth-order valence-electron chi connectivity index (χ4n) is 2.72. The Morgan fingerprint density at radius 3 is 2.33 bits per heavy atom. The maximum absolute atomic E-state index is 5.71. The number of anilines is 1. The fraction of sp³-hybridized carbons (Fsp3) is 0.600. The highest BCUT2D eigenvalue weighted by atomic mass is 15.1. The number of hydrogen-bond donors (Lipinski definition) is 1. The van der Waals surface area contributed by atoms with Crippen LogP contribution in [0.2, 0.25) is 0 Å². The highest BCUT2D eigenvalue weighted by Gasteiger charge is 2.19. The van der Waals surface area contributed by atoms with Gasteiger partial charge in [0, 0.05) is 18.8 Å². The summed E-state index contributed by atoms with van der Waals surface area (Å²) in [5.74, 6) is 0.877. The molecule has 1 saturated heterocycles. The number of hydrogen-bond acceptors (Lipinski definition) is 3. The molecule has 0 aliphatic carbocycles. The Bertz CT molecular complexity index is 351. The van der Waals surface area contributed by atoms with Gasteiger partial charge in [0.1, 0.15) is 0 Å². The van der Waals surface area contributed by atoms with E-state index in [9.17, 15) is 0 Å². The van der Waals surface area contributed by atoms with Crippen LogP contribution in [0.3, 0.4) is 0 Å². The summed E-state index contributed by atoms with van der Waals surface area (Å²) in [6.45, 7) is 4.75. The SMILES string of the molecule is CN(C)CC1CCN(Cc2ccc(N)cc2)CC1. The fourth-order valence-corrected chi connectivity index (χ4v) is 2.72. The normalized spacial score (nSPS) is 18.4. The standard InChI is InChI=1S/C15H25N3/c1-17(2)11-14-7-9-18(10-8-14)12-13-3-5-15(16)6-4-13/h3-6,14H,7-12,16H2,1-2H3. The number of nitrogens with zero attached hydrogens (tertiary/aromatic N) is 2. The summed E-state index contributed by atoms with van der Waals surface area (Å²) < 4.78 is 0. The second-order valence-corrected chi connectivity index (χ2v) is 5.72. The van der Waals surface area contributed by atoms with E-state index in [1.54, 1.807) is 0 Å². The number of piperidine rings is 1. The molecule has 2 N–H and O–H groups in total. The summed E-state index contributed by atoms with van der Waals surface area (Å²) in [6.07, 6.45) is 2.65. The van der Waals surface area contributed by atoms with Gasteiger partial charge < -0.3 is 10.6 Å². The van der Waals surface area contributed by atoms with Crippen LogP contribution >= 0.6 is 0 Å². The number of likely N-dealkylation sites (tertiary alicyclic amines) is 1. The van der Waals surface area contributed by atoms with Crippen LogP contribution in [0.25, 0.3) is 0 Å². The Kier molecular flexibility index (Phi) is 4.61. The second-order valence-electron chi connectivity index (χ2n) is 5.72. The van der Waals surface area contributed by atoms with Crippen LogP contribution in [0.15, 0.2) is 24.3 Å². The summed E-state index contributed by atoms with van der Waals surface area (Å²) in [7, 11) is 4.33. The molecule has 18 heavy (non-hydrogen) atoms. The minimum atomic E-state index is 0.850. The van der Waals surface area contributed by atoms with Crippen LogP contribution in [-0.4, -0.2) is 43.5 Å². The van der Waals surface area contributed by atoms with Gasteiger partial charge in [-0.2, -0.15) is 0 Å². The zero-order valence-electron chi connectivity index (χ0n) is 11.6. The van der Waals surface area contributed by atoms with Crippen molar-refractivity contribution in [1.29, 1.82) is 0 Å². The molecule has 1 aromatic carbocycles. The van der Waals surface area contributed by atoms with E-state index in [4.69, 9.17) is 5.73 Å². The molecule has 100 valence electrons. The third-order valence-corrected chi connectivity index (χ3v) is 3.72. The first-order valence-corrected chi connectivity index (χ1v) is 6.85. The lowest BCUT2D eigenvalue weighted by Crippen LogP contribution is -2.36. The van der Waals surface area contributed by atoms with Crippen LogP contribution in [0.1, 0.15) is 18.4 Å². The molecule has 0 amide bonds. The van der Waals surface area contributed by atoms with E-state index in [0.717, 1.165) is 18.2 Å². The van der Waals surface area contributed by atoms with E-state index in [1.165, 1.54) is 38.0 Å². The Morgan fingerprint density at radius 2 is 1.78 bits per heavy atom. The van der Waals surface area contributed by atoms with E-state index in [1.807, 2.05) is 12.1 Å². The lowest BCUT2D eigenvalue weighted by atomic mass is 9.96. The van der Waals surface area contributed by atoms with E-state index in [-0.39, 0.29) is 0 Å². The molecule has 0 saturated carbocycles. The van der Waals surface area contributed by atoms with Crippen LogP contribution in [-0.2, 0) is 6.54 Å². The first kappa shape index (κ1) is 13.4. The number of nitrogen functional groups attached to an aromatic ring is 1. The van der Waals surface area contributed by atoms with Crippen molar-refractivity contribution < 1.29 is 0 Å². The Hall–Kier alpha value is -1.06. The lowest BCUT2D eigenvalue weighted by molar-refractivity contribution is 0.157. The summed E-state index contributed by atoms with van der Waals surface area (Å²) >= 11 is 0. The predicted molar refractivity (Wildman–Crippen MR) is 77.4 cm³/mol. The molecule has 0 unspecified atom stereocenters. The molecule has 1 aliphatic rings. The second kappa shape index (κ2) is 6.21. The average molecular weight is 247 g/mol. The number of nitrogens with two attached hydrogens (primary N) is 1. The first-order valence-electron chi connectivity index (χ1n) is 6.85. The minimum absolute atomic E-state index is 0.850. The van der Waals surface area contributed by atoms with E-state index in [2.05, 4.69) is 36.0 Å². The van der Waals surface area contributed by atoms with Gasteiger partial charge in [-0.15, -0.1) is 0 Å². The molecule has 1 fully saturated rings. The zero-order valence-corrected chi connectivity index (χ0v) is 11.6. The predicted octanol–water partition coefficient (Wildman–Crippen LogP) is 2.04. The van der Waals surface area contributed by atoms with Gasteiger partial charge in [0.15, 0.2) is 0 Å². The van der Waals surface area contributed by atoms with Crippen LogP contribution in [0.5, 0.6) is 0 Å². The topological polar surface area (TPSA) is 32.5 Å². The molecule has 3 heteroatoms. The molecule has 0 radical (unpaired) electrons. The molecular weight excluding hydrogens is 222 g/mol. The largest absolute Gasteiger partial charge is 0.399 e. The van der Waals surface area contributed by atoms with Crippen molar-refractivity contribution in [3.63, 3.8) is 0 Å². The van der Waals surface area contributed by atoms with E-state index >= 15 is 0 Å². The summed E-state index contributed by atoms with van der Waals surface area (Å²) in [5, 5.41) is 0. The van der Waals surface area contributed by atoms with Gasteiger partial charge in [-0.05, 0) is 63.6 Å². The van der Waals surface area contributed by atoms with Crippen molar-refractivity contribution in [3.05, 3.63) is 29.8 Å². The van der Waals surface area contributed by atoms with Gasteiger partial charge in [0.05, 0.1) is 0 Å². The van der Waals surface area contributed by atoms with Crippen LogP contribution in [0.4, 0.5) is 5.69 Å². The molecule has 0 spiro atoms. The monoisotopic (exact) mass is 247 g/mol. The van der Waals surface area contributed by atoms with Crippen molar-refractivity contribution in [2.45, 2.75) is 19.4 Å². The summed E-state index contributed by atoms with van der Waals surface area (Å²) in [4.78, 5) is 4.86. The van der Waals surface area contributed by atoms with Gasteiger partial charge in [-0.1, -0.05) is 12.1 Å². The molecule has 3 nitrogen and oxygen atoms in total. The highest BCUT2D eigenvalue weighted by Crippen LogP contribution is 2.19. The first-order chi connectivity index (χ1) is 8.63. The van der Waals surface area contributed by atoms with Crippen molar-refractivity contribution in [2.24, 2.45) is 5.92 Å². The summed E-state index contributed by atoms with van der Waals surface area (Å²) in [5.41, 5.74) is 7.93. The molecule has 0 atom stereocenters. The maximum Gasteiger partial charge on any atom is 0.0314 e. The molecule has 0 bridgehead atoms. The van der Waals surface area contributed by atoms with Crippen LogP contribution in [0, 0.1) is 5.92 Å². The minimum Gasteiger partial charge on any atom is -0.399 e. The van der Waals surface area contributed by atoms with E-state index < -0.39 is 0 Å². The zero-order chi connectivity index (χ0) is 13.0. The van der Waals surface area contributed by atoms with Crippen LogP contribution < -0.4 is 5.73 Å². The quantitative estimate of drug-likeness (QED) is 0.827. The van der Waals surface area contributed by atoms with Crippen molar-refractivity contribution in [3.8, 4) is 0 Å². The van der Waals surface area contributed by atoms with Gasteiger partial charge in [0.2, 0.25) is 0 Å². The third-order valence-electron chi connectivity index (χ3n) is 3.72. The molecule has 1 heterocycles. The Labute approximate surface area is 111 Å². The molecule has 2 rings (SSSR count). The van der Waals surface area contributed by atoms with Crippen molar-refractivity contribution >= 4 is 5.69 Å². The van der Waals surface area contributed by atoms with Gasteiger partial charge in [-0.3, -0.25) is 4.90 Å². The van der Waals surface area contributed by atoms with Gasteiger partial charge in [-0.25, -0.2) is 0 Å². The van der Waals surface area contributed by atoms with Crippen molar-refractivity contribution in [1.82, 2.24) is 9.80 Å². The third kappa shape index (κ3) is 4.00. The Balaban J connectivity index is 1.78. The molecule has 1 aromatic rings. The average Bonchev–Trinajstić information content (AvgIpc) is 2.34. The summed E-state index contributed by atoms with van der Waals surface area (Å²) in [6, 6.07) is 8.27. The highest BCUT2D eigenvalue weighted by molar-refractivity contribution is 5.39. The Morgan fingerprint density at radius 1 is 1.17 bits per heavy atom. The van der Waals surface area contributed by atoms with E-state index in [0.29, 0.717) is 0 Å². The molecule has 1 aliphatic heterocycles. The smallest absolute Gasteiger partial charge is 0.0314 e. The number of benzene rings is 1. The molecular formula is C15H25N3.